The Morgan fingerprint density at radius 3 is 2.94 bits per heavy atom. The van der Waals surface area contributed by atoms with E-state index in [0.29, 0.717) is 11.4 Å². The number of aryl methyl sites for hydroxylation is 1. The molecule has 1 aromatic heterocycles. The third kappa shape index (κ3) is 4.26. The van der Waals surface area contributed by atoms with Crippen LogP contribution in [0.15, 0.2) is 0 Å². The van der Waals surface area contributed by atoms with Gasteiger partial charge in [-0.2, -0.15) is 0 Å². The SMILES string of the molecule is Cc1nc(C[C@@H](N)C(=O)O)sc1CCO[N+](=O)[O-]. The molecule has 0 saturated carbocycles. The topological polar surface area (TPSA) is 129 Å². The summed E-state index contributed by atoms with van der Waals surface area (Å²) in [7, 11) is 0. The second-order valence-corrected chi connectivity index (χ2v) is 4.74. The minimum atomic E-state index is -1.08. The summed E-state index contributed by atoms with van der Waals surface area (Å²) in [5.41, 5.74) is 6.12. The molecule has 1 aromatic rings. The van der Waals surface area contributed by atoms with E-state index < -0.39 is 17.1 Å². The maximum Gasteiger partial charge on any atom is 0.320 e. The average Bonchev–Trinajstić information content (AvgIpc) is 2.58. The van der Waals surface area contributed by atoms with E-state index in [-0.39, 0.29) is 13.0 Å². The number of hydrogen-bond donors (Lipinski definition) is 2. The minimum Gasteiger partial charge on any atom is -0.480 e. The molecule has 0 radical (unpaired) electrons. The number of rotatable bonds is 7. The van der Waals surface area contributed by atoms with Gasteiger partial charge in [-0.15, -0.1) is 21.5 Å². The Labute approximate surface area is 106 Å². The van der Waals surface area contributed by atoms with Crippen molar-refractivity contribution in [3.8, 4) is 0 Å². The molecule has 100 valence electrons. The van der Waals surface area contributed by atoms with Gasteiger partial charge in [-0.25, -0.2) is 4.98 Å². The monoisotopic (exact) mass is 275 g/mol. The first-order valence-corrected chi connectivity index (χ1v) is 5.92. The van der Waals surface area contributed by atoms with Crippen molar-refractivity contribution in [2.45, 2.75) is 25.8 Å². The Bertz CT molecular complexity index is 447. The minimum absolute atomic E-state index is 0.0412. The molecular formula is C9H13N3O5S. The van der Waals surface area contributed by atoms with Gasteiger partial charge in [0.05, 0.1) is 10.7 Å². The van der Waals surface area contributed by atoms with E-state index in [4.69, 9.17) is 10.8 Å². The molecule has 1 atom stereocenters. The summed E-state index contributed by atoms with van der Waals surface area (Å²) in [6.45, 7) is 1.72. The van der Waals surface area contributed by atoms with Crippen molar-refractivity contribution in [3.05, 3.63) is 25.7 Å². The first-order chi connectivity index (χ1) is 8.40. The van der Waals surface area contributed by atoms with Crippen molar-refractivity contribution >= 4 is 17.3 Å². The first-order valence-electron chi connectivity index (χ1n) is 5.11. The molecule has 0 bridgehead atoms. The lowest BCUT2D eigenvalue weighted by atomic mass is 10.2. The van der Waals surface area contributed by atoms with Crippen molar-refractivity contribution in [2.75, 3.05) is 6.61 Å². The third-order valence-corrected chi connectivity index (χ3v) is 3.41. The van der Waals surface area contributed by atoms with Crippen LogP contribution < -0.4 is 5.73 Å². The molecule has 0 aromatic carbocycles. The summed E-state index contributed by atoms with van der Waals surface area (Å²) in [6.07, 6.45) is 0.518. The van der Waals surface area contributed by atoms with Crippen LogP contribution >= 0.6 is 11.3 Å². The van der Waals surface area contributed by atoms with E-state index in [1.807, 2.05) is 0 Å². The van der Waals surface area contributed by atoms with Gasteiger partial charge in [0.25, 0.3) is 5.09 Å². The highest BCUT2D eigenvalue weighted by Gasteiger charge is 2.16. The van der Waals surface area contributed by atoms with E-state index in [9.17, 15) is 14.9 Å². The predicted octanol–water partition coefficient (Wildman–Crippen LogP) is 0.157. The lowest BCUT2D eigenvalue weighted by Gasteiger charge is -2.01. The number of carboxylic acid groups (broad SMARTS) is 1. The van der Waals surface area contributed by atoms with Crippen molar-refractivity contribution in [1.82, 2.24) is 4.98 Å². The predicted molar refractivity (Wildman–Crippen MR) is 62.8 cm³/mol. The second-order valence-electron chi connectivity index (χ2n) is 3.57. The lowest BCUT2D eigenvalue weighted by Crippen LogP contribution is -2.32. The van der Waals surface area contributed by atoms with Gasteiger partial charge in [-0.1, -0.05) is 0 Å². The molecule has 1 rings (SSSR count). The molecular weight excluding hydrogens is 262 g/mol. The number of nitrogens with zero attached hydrogens (tertiary/aromatic N) is 2. The number of aromatic nitrogens is 1. The van der Waals surface area contributed by atoms with E-state index in [1.165, 1.54) is 11.3 Å². The summed E-state index contributed by atoms with van der Waals surface area (Å²) < 4.78 is 0. The van der Waals surface area contributed by atoms with E-state index >= 15 is 0 Å². The van der Waals surface area contributed by atoms with Crippen molar-refractivity contribution in [3.63, 3.8) is 0 Å². The molecule has 9 heteroatoms. The smallest absolute Gasteiger partial charge is 0.320 e. The molecule has 0 saturated heterocycles. The Morgan fingerprint density at radius 1 is 1.72 bits per heavy atom. The molecule has 0 spiro atoms. The molecule has 0 aliphatic rings. The van der Waals surface area contributed by atoms with Gasteiger partial charge in [0.1, 0.15) is 12.6 Å². The molecule has 0 fully saturated rings. The zero-order chi connectivity index (χ0) is 13.7. The van der Waals surface area contributed by atoms with Gasteiger partial charge in [0.15, 0.2) is 0 Å². The van der Waals surface area contributed by atoms with Gasteiger partial charge in [-0.3, -0.25) is 4.79 Å². The highest BCUT2D eigenvalue weighted by molar-refractivity contribution is 7.11. The van der Waals surface area contributed by atoms with Crippen molar-refractivity contribution in [2.24, 2.45) is 5.73 Å². The highest BCUT2D eigenvalue weighted by Crippen LogP contribution is 2.19. The summed E-state index contributed by atoms with van der Waals surface area (Å²) in [6, 6.07) is -0.988. The van der Waals surface area contributed by atoms with Gasteiger partial charge < -0.3 is 15.7 Å². The molecule has 1 heterocycles. The molecule has 0 aliphatic carbocycles. The van der Waals surface area contributed by atoms with Crippen LogP contribution in [0.3, 0.4) is 0 Å². The number of aliphatic carboxylic acids is 1. The van der Waals surface area contributed by atoms with Gasteiger partial charge in [0.2, 0.25) is 0 Å². The summed E-state index contributed by atoms with van der Waals surface area (Å²) in [4.78, 5) is 29.8. The fourth-order valence-corrected chi connectivity index (χ4v) is 2.40. The highest BCUT2D eigenvalue weighted by atomic mass is 32.1. The molecule has 0 amide bonds. The van der Waals surface area contributed by atoms with E-state index in [0.717, 1.165) is 10.6 Å². The van der Waals surface area contributed by atoms with Gasteiger partial charge in [0, 0.05) is 17.7 Å². The number of hydrogen-bond acceptors (Lipinski definition) is 7. The second kappa shape index (κ2) is 6.26. The quantitative estimate of drug-likeness (QED) is 0.535. The molecule has 18 heavy (non-hydrogen) atoms. The van der Waals surface area contributed by atoms with Crippen LogP contribution in [0, 0.1) is 17.0 Å². The number of nitrogens with two attached hydrogens (primary N) is 1. The average molecular weight is 275 g/mol. The van der Waals surface area contributed by atoms with Crippen LogP contribution in [0.5, 0.6) is 0 Å². The Hall–Kier alpha value is -1.74. The molecule has 0 unspecified atom stereocenters. The normalized spacial score (nSPS) is 12.1. The summed E-state index contributed by atoms with van der Waals surface area (Å²) in [5.74, 6) is -1.08. The van der Waals surface area contributed by atoms with Crippen LogP contribution in [0.1, 0.15) is 15.6 Å². The largest absolute Gasteiger partial charge is 0.480 e. The molecule has 0 aliphatic heterocycles. The number of thiazole rings is 1. The maximum atomic E-state index is 10.6. The Morgan fingerprint density at radius 2 is 2.39 bits per heavy atom. The lowest BCUT2D eigenvalue weighted by molar-refractivity contribution is -0.757. The maximum absolute atomic E-state index is 10.6. The zero-order valence-corrected chi connectivity index (χ0v) is 10.5. The van der Waals surface area contributed by atoms with Crippen LogP contribution in [0.4, 0.5) is 0 Å². The number of carboxylic acids is 1. The first kappa shape index (κ1) is 14.3. The van der Waals surface area contributed by atoms with E-state index in [1.54, 1.807) is 6.92 Å². The standard InChI is InChI=1S/C9H13N3O5S/c1-5-7(2-3-17-12(15)16)18-8(11-5)4-6(10)9(13)14/h6H,2-4,10H2,1H3,(H,13,14)/t6-/m1/s1. The third-order valence-electron chi connectivity index (χ3n) is 2.17. The molecule has 8 nitrogen and oxygen atoms in total. The Kier molecular flexibility index (Phi) is 4.98. The zero-order valence-electron chi connectivity index (χ0n) is 9.66. The van der Waals surface area contributed by atoms with Crippen LogP contribution in [-0.2, 0) is 22.5 Å². The summed E-state index contributed by atoms with van der Waals surface area (Å²) >= 11 is 1.30. The Balaban J connectivity index is 2.58. The van der Waals surface area contributed by atoms with Crippen molar-refractivity contribution < 1.29 is 19.8 Å². The fourth-order valence-electron chi connectivity index (χ4n) is 1.30. The van der Waals surface area contributed by atoms with Crippen molar-refractivity contribution in [1.29, 1.82) is 0 Å². The van der Waals surface area contributed by atoms with Crippen LogP contribution in [0.25, 0.3) is 0 Å². The van der Waals surface area contributed by atoms with Crippen LogP contribution in [0.2, 0.25) is 0 Å². The van der Waals surface area contributed by atoms with Crippen LogP contribution in [-0.4, -0.2) is 33.8 Å². The van der Waals surface area contributed by atoms with Gasteiger partial charge in [-0.05, 0) is 6.92 Å². The van der Waals surface area contributed by atoms with E-state index in [2.05, 4.69) is 9.82 Å². The summed E-state index contributed by atoms with van der Waals surface area (Å²) in [5, 5.41) is 18.4. The van der Waals surface area contributed by atoms with Gasteiger partial charge >= 0.3 is 5.97 Å². The number of carbonyl (C=O) groups is 1. The molecule has 3 N–H and O–H groups in total. The fraction of sp³-hybridized carbons (Fsp3) is 0.556.